The molecule has 0 N–H and O–H groups in total. The van der Waals surface area contributed by atoms with Crippen molar-refractivity contribution in [3.05, 3.63) is 11.8 Å². The second kappa shape index (κ2) is 2.68. The molecule has 0 aromatic heterocycles. The quantitative estimate of drug-likeness (QED) is 0.576. The maximum atomic E-state index is 11.1. The van der Waals surface area contributed by atoms with Crippen molar-refractivity contribution in [3.63, 3.8) is 0 Å². The van der Waals surface area contributed by atoms with Gasteiger partial charge in [0.1, 0.15) is 0 Å². The second-order valence-corrected chi connectivity index (χ2v) is 3.62. The van der Waals surface area contributed by atoms with E-state index < -0.39 is 0 Å². The normalized spacial score (nSPS) is 22.8. The highest BCUT2D eigenvalue weighted by Crippen LogP contribution is 2.31. The summed E-state index contributed by atoms with van der Waals surface area (Å²) in [6, 6.07) is 0. The van der Waals surface area contributed by atoms with Crippen molar-refractivity contribution in [1.29, 1.82) is 0 Å². The van der Waals surface area contributed by atoms with Gasteiger partial charge in [-0.3, -0.25) is 4.79 Å². The van der Waals surface area contributed by atoms with Crippen molar-refractivity contribution in [3.8, 4) is 0 Å². The number of carbonyl (C=O) groups excluding carboxylic acids is 1. The van der Waals surface area contributed by atoms with Gasteiger partial charge in [0.05, 0.1) is 7.11 Å². The van der Waals surface area contributed by atoms with Crippen LogP contribution >= 0.6 is 0 Å². The van der Waals surface area contributed by atoms with Gasteiger partial charge in [-0.15, -0.1) is 0 Å². The minimum Gasteiger partial charge on any atom is -0.493 e. The Kier molecular flexibility index (Phi) is 2.03. The first kappa shape index (κ1) is 8.31. The number of rotatable bonds is 1. The molecule has 0 saturated carbocycles. The number of carbonyl (C=O) groups is 1. The fourth-order valence-electron chi connectivity index (χ4n) is 1.24. The third-order valence-corrected chi connectivity index (χ3v) is 2.01. The SMILES string of the molecule is COC1=CC(C)(C)CCC1=O. The molecule has 0 aromatic carbocycles. The molecule has 62 valence electrons. The van der Waals surface area contributed by atoms with Gasteiger partial charge in [-0.05, 0) is 17.9 Å². The van der Waals surface area contributed by atoms with E-state index in [0.717, 1.165) is 6.42 Å². The van der Waals surface area contributed by atoms with Crippen LogP contribution in [0.2, 0.25) is 0 Å². The van der Waals surface area contributed by atoms with Crippen LogP contribution in [0.15, 0.2) is 11.8 Å². The van der Waals surface area contributed by atoms with Gasteiger partial charge in [-0.25, -0.2) is 0 Å². The van der Waals surface area contributed by atoms with Crippen LogP contribution in [-0.4, -0.2) is 12.9 Å². The molecule has 0 saturated heterocycles. The summed E-state index contributed by atoms with van der Waals surface area (Å²) in [4.78, 5) is 11.1. The number of ether oxygens (including phenoxy) is 1. The Morgan fingerprint density at radius 1 is 1.55 bits per heavy atom. The van der Waals surface area contributed by atoms with Gasteiger partial charge in [0.25, 0.3) is 0 Å². The van der Waals surface area contributed by atoms with E-state index >= 15 is 0 Å². The zero-order chi connectivity index (χ0) is 8.48. The molecular weight excluding hydrogens is 140 g/mol. The summed E-state index contributed by atoms with van der Waals surface area (Å²) in [7, 11) is 1.55. The Morgan fingerprint density at radius 2 is 2.18 bits per heavy atom. The molecule has 0 radical (unpaired) electrons. The lowest BCUT2D eigenvalue weighted by molar-refractivity contribution is -0.119. The highest BCUT2D eigenvalue weighted by molar-refractivity contribution is 5.94. The molecule has 0 heterocycles. The zero-order valence-corrected chi connectivity index (χ0v) is 7.31. The molecule has 2 nitrogen and oxygen atoms in total. The number of hydrogen-bond donors (Lipinski definition) is 0. The molecule has 0 atom stereocenters. The van der Waals surface area contributed by atoms with Crippen LogP contribution in [0.3, 0.4) is 0 Å². The Hall–Kier alpha value is -0.790. The summed E-state index contributed by atoms with van der Waals surface area (Å²) in [5, 5.41) is 0. The van der Waals surface area contributed by atoms with Crippen molar-refractivity contribution in [2.75, 3.05) is 7.11 Å². The van der Waals surface area contributed by atoms with E-state index in [-0.39, 0.29) is 11.2 Å². The van der Waals surface area contributed by atoms with Crippen molar-refractivity contribution < 1.29 is 9.53 Å². The third kappa shape index (κ3) is 1.82. The Balaban J connectivity index is 2.86. The van der Waals surface area contributed by atoms with Gasteiger partial charge in [-0.2, -0.15) is 0 Å². The summed E-state index contributed by atoms with van der Waals surface area (Å²) >= 11 is 0. The molecule has 0 fully saturated rings. The number of hydrogen-bond acceptors (Lipinski definition) is 2. The van der Waals surface area contributed by atoms with Crippen LogP contribution in [0.5, 0.6) is 0 Å². The molecule has 2 heteroatoms. The smallest absolute Gasteiger partial charge is 0.197 e. The van der Waals surface area contributed by atoms with E-state index in [1.807, 2.05) is 6.08 Å². The molecule has 1 aliphatic rings. The van der Waals surface area contributed by atoms with Crippen molar-refractivity contribution >= 4 is 5.78 Å². The lowest BCUT2D eigenvalue weighted by Crippen LogP contribution is -2.20. The van der Waals surface area contributed by atoms with Crippen LogP contribution in [-0.2, 0) is 9.53 Å². The van der Waals surface area contributed by atoms with Crippen LogP contribution in [0.4, 0.5) is 0 Å². The largest absolute Gasteiger partial charge is 0.493 e. The van der Waals surface area contributed by atoms with E-state index in [9.17, 15) is 4.79 Å². The number of allylic oxidation sites excluding steroid dienone is 2. The molecule has 1 rings (SSSR count). The Morgan fingerprint density at radius 3 is 2.64 bits per heavy atom. The zero-order valence-electron chi connectivity index (χ0n) is 7.31. The van der Waals surface area contributed by atoms with Crippen LogP contribution in [0.1, 0.15) is 26.7 Å². The molecule has 0 unspecified atom stereocenters. The predicted molar refractivity (Wildman–Crippen MR) is 43.1 cm³/mol. The minimum absolute atomic E-state index is 0.124. The standard InChI is InChI=1S/C9H14O2/c1-9(2)5-4-7(10)8(6-9)11-3/h6H,4-5H2,1-3H3. The summed E-state index contributed by atoms with van der Waals surface area (Å²) < 4.78 is 4.95. The number of ketones is 1. The monoisotopic (exact) mass is 154 g/mol. The first-order valence-electron chi connectivity index (χ1n) is 3.85. The first-order chi connectivity index (χ1) is 5.05. The fraction of sp³-hybridized carbons (Fsp3) is 0.667. The van der Waals surface area contributed by atoms with Crippen LogP contribution in [0, 0.1) is 5.41 Å². The summed E-state index contributed by atoms with van der Waals surface area (Å²) in [6.07, 6.45) is 3.46. The molecule has 11 heavy (non-hydrogen) atoms. The number of Topliss-reactive ketones (excluding diaryl/α,β-unsaturated/α-hetero) is 1. The van der Waals surface area contributed by atoms with Crippen molar-refractivity contribution in [1.82, 2.24) is 0 Å². The van der Waals surface area contributed by atoms with E-state index in [1.54, 1.807) is 7.11 Å². The molecule has 0 aliphatic heterocycles. The summed E-state index contributed by atoms with van der Waals surface area (Å²) in [5.74, 6) is 0.660. The topological polar surface area (TPSA) is 26.3 Å². The average Bonchev–Trinajstić information content (AvgIpc) is 1.94. The molecule has 0 bridgehead atoms. The van der Waals surface area contributed by atoms with E-state index in [0.29, 0.717) is 12.2 Å². The van der Waals surface area contributed by atoms with Gasteiger partial charge >= 0.3 is 0 Å². The predicted octanol–water partition coefficient (Wildman–Crippen LogP) is 1.91. The van der Waals surface area contributed by atoms with Gasteiger partial charge in [0.2, 0.25) is 0 Å². The van der Waals surface area contributed by atoms with Crippen LogP contribution < -0.4 is 0 Å². The minimum atomic E-state index is 0.124. The summed E-state index contributed by atoms with van der Waals surface area (Å²) in [6.45, 7) is 4.22. The molecule has 0 amide bonds. The van der Waals surface area contributed by atoms with E-state index in [2.05, 4.69) is 13.8 Å². The highest BCUT2D eigenvalue weighted by atomic mass is 16.5. The molecule has 0 aromatic rings. The highest BCUT2D eigenvalue weighted by Gasteiger charge is 2.26. The van der Waals surface area contributed by atoms with Crippen molar-refractivity contribution in [2.45, 2.75) is 26.7 Å². The number of methoxy groups -OCH3 is 1. The molecular formula is C9H14O2. The Labute approximate surface area is 67.2 Å². The maximum Gasteiger partial charge on any atom is 0.197 e. The fourth-order valence-corrected chi connectivity index (χ4v) is 1.24. The van der Waals surface area contributed by atoms with E-state index in [4.69, 9.17) is 4.74 Å². The Bertz CT molecular complexity index is 202. The second-order valence-electron chi connectivity index (χ2n) is 3.62. The van der Waals surface area contributed by atoms with Gasteiger partial charge < -0.3 is 4.74 Å². The van der Waals surface area contributed by atoms with Gasteiger partial charge in [0, 0.05) is 6.42 Å². The lowest BCUT2D eigenvalue weighted by atomic mass is 9.82. The maximum absolute atomic E-state index is 11.1. The molecule has 0 spiro atoms. The third-order valence-electron chi connectivity index (χ3n) is 2.01. The van der Waals surface area contributed by atoms with Crippen LogP contribution in [0.25, 0.3) is 0 Å². The van der Waals surface area contributed by atoms with Gasteiger partial charge in [0.15, 0.2) is 11.5 Å². The van der Waals surface area contributed by atoms with Crippen molar-refractivity contribution in [2.24, 2.45) is 5.41 Å². The average molecular weight is 154 g/mol. The lowest BCUT2D eigenvalue weighted by Gasteiger charge is -2.25. The van der Waals surface area contributed by atoms with E-state index in [1.165, 1.54) is 0 Å². The molecule has 1 aliphatic carbocycles. The van der Waals surface area contributed by atoms with Gasteiger partial charge in [-0.1, -0.05) is 13.8 Å². The first-order valence-corrected chi connectivity index (χ1v) is 3.85. The summed E-state index contributed by atoms with van der Waals surface area (Å²) in [5.41, 5.74) is 0.124.